The van der Waals surface area contributed by atoms with Gasteiger partial charge in [0.15, 0.2) is 0 Å². The number of hydrogen-bond donors (Lipinski definition) is 1. The van der Waals surface area contributed by atoms with Crippen molar-refractivity contribution in [1.82, 2.24) is 0 Å². The Bertz CT molecular complexity index is 464. The fourth-order valence-electron chi connectivity index (χ4n) is 2.98. The van der Waals surface area contributed by atoms with E-state index in [0.717, 1.165) is 37.8 Å². The molecule has 1 aliphatic carbocycles. The van der Waals surface area contributed by atoms with Crippen molar-refractivity contribution in [3.8, 4) is 0 Å². The molecule has 5 heteroatoms. The fourth-order valence-corrected chi connectivity index (χ4v) is 4.18. The number of carbonyl (C=O) groups excluding carboxylic acids is 1. The van der Waals surface area contributed by atoms with Crippen molar-refractivity contribution in [3.63, 3.8) is 0 Å². The molecule has 0 atom stereocenters. The van der Waals surface area contributed by atoms with Gasteiger partial charge in [-0.2, -0.15) is 0 Å². The molecule has 20 heavy (non-hydrogen) atoms. The van der Waals surface area contributed by atoms with Crippen LogP contribution in [0.1, 0.15) is 48.5 Å². The molecule has 1 aromatic rings. The number of thiophene rings is 1. The molecule has 0 aromatic carbocycles. The van der Waals surface area contributed by atoms with Gasteiger partial charge in [0.2, 0.25) is 0 Å². The van der Waals surface area contributed by atoms with Crippen LogP contribution in [0.2, 0.25) is 0 Å². The first kappa shape index (κ1) is 15.3. The first-order valence-electron chi connectivity index (χ1n) is 7.27. The summed E-state index contributed by atoms with van der Waals surface area (Å²) in [6, 6.07) is 0.905. The number of ether oxygens (including phenoxy) is 1. The highest BCUT2D eigenvalue weighted by molar-refractivity contribution is 7.14. The predicted octanol–water partition coefficient (Wildman–Crippen LogP) is 2.94. The molecule has 0 amide bonds. The average molecular weight is 296 g/mol. The van der Waals surface area contributed by atoms with Gasteiger partial charge in [-0.05, 0) is 45.1 Å². The molecule has 1 saturated carbocycles. The van der Waals surface area contributed by atoms with Gasteiger partial charge in [0.05, 0.1) is 17.7 Å². The number of anilines is 1. The largest absolute Gasteiger partial charge is 0.465 e. The van der Waals surface area contributed by atoms with E-state index in [1.165, 1.54) is 12.1 Å². The van der Waals surface area contributed by atoms with Crippen LogP contribution in [-0.4, -0.2) is 31.7 Å². The van der Waals surface area contributed by atoms with Gasteiger partial charge in [0.25, 0.3) is 0 Å². The van der Waals surface area contributed by atoms with Crippen molar-refractivity contribution in [2.75, 3.05) is 18.6 Å². The smallest absolute Gasteiger partial charge is 0.339 e. The van der Waals surface area contributed by atoms with Gasteiger partial charge in [-0.1, -0.05) is 0 Å². The highest BCUT2D eigenvalue weighted by atomic mass is 32.1. The third kappa shape index (κ3) is 2.99. The van der Waals surface area contributed by atoms with Crippen LogP contribution in [0.4, 0.5) is 5.00 Å². The van der Waals surface area contributed by atoms with E-state index in [9.17, 15) is 4.79 Å². The van der Waals surface area contributed by atoms with Crippen molar-refractivity contribution < 1.29 is 9.53 Å². The van der Waals surface area contributed by atoms with Crippen molar-refractivity contribution in [1.29, 1.82) is 0 Å². The van der Waals surface area contributed by atoms with Gasteiger partial charge in [-0.25, -0.2) is 4.79 Å². The van der Waals surface area contributed by atoms with Gasteiger partial charge in [0.1, 0.15) is 0 Å². The Kier molecular flexibility index (Phi) is 5.05. The average Bonchev–Trinajstić information content (AvgIpc) is 2.83. The molecule has 2 rings (SSSR count). The molecule has 0 bridgehead atoms. The summed E-state index contributed by atoms with van der Waals surface area (Å²) in [5.74, 6) is -0.244. The molecule has 0 unspecified atom stereocenters. The zero-order valence-electron chi connectivity index (χ0n) is 12.5. The maximum atomic E-state index is 11.7. The fraction of sp³-hybridized carbons (Fsp3) is 0.667. The first-order chi connectivity index (χ1) is 9.58. The Morgan fingerprint density at radius 3 is 2.65 bits per heavy atom. The van der Waals surface area contributed by atoms with Crippen molar-refractivity contribution in [3.05, 3.63) is 16.5 Å². The second-order valence-electron chi connectivity index (χ2n) is 5.43. The van der Waals surface area contributed by atoms with Crippen LogP contribution in [0, 0.1) is 6.92 Å². The molecule has 0 saturated heterocycles. The van der Waals surface area contributed by atoms with Gasteiger partial charge in [-0.3, -0.25) is 0 Å². The summed E-state index contributed by atoms with van der Waals surface area (Å²) in [5.41, 5.74) is 7.73. The topological polar surface area (TPSA) is 55.6 Å². The molecule has 1 fully saturated rings. The minimum absolute atomic E-state index is 0.244. The van der Waals surface area contributed by atoms with Crippen LogP contribution in [0.25, 0.3) is 0 Å². The van der Waals surface area contributed by atoms with E-state index >= 15 is 0 Å². The van der Waals surface area contributed by atoms with E-state index < -0.39 is 0 Å². The molecule has 0 spiro atoms. The van der Waals surface area contributed by atoms with Crippen LogP contribution in [0.5, 0.6) is 0 Å². The summed E-state index contributed by atoms with van der Waals surface area (Å²) in [6.07, 6.45) is 4.46. The van der Waals surface area contributed by atoms with Gasteiger partial charge in [-0.15, -0.1) is 11.3 Å². The number of nitrogens with zero attached hydrogens (tertiary/aromatic N) is 1. The maximum absolute atomic E-state index is 11.7. The second-order valence-corrected chi connectivity index (χ2v) is 6.28. The van der Waals surface area contributed by atoms with Crippen LogP contribution in [0.15, 0.2) is 5.38 Å². The summed E-state index contributed by atoms with van der Waals surface area (Å²) in [6.45, 7) is 5.14. The number of hydrogen-bond acceptors (Lipinski definition) is 5. The third-order valence-corrected chi connectivity index (χ3v) is 5.32. The van der Waals surface area contributed by atoms with Crippen LogP contribution < -0.4 is 10.6 Å². The molecule has 2 N–H and O–H groups in total. The Balaban J connectivity index is 2.19. The monoisotopic (exact) mass is 296 g/mol. The third-order valence-electron chi connectivity index (χ3n) is 4.20. The van der Waals surface area contributed by atoms with Crippen LogP contribution >= 0.6 is 11.3 Å². The standard InChI is InChI=1S/C15H24N2O2S/c1-4-17(12-7-5-11(16)6-8-12)14-10(2)13(9-20-14)15(18)19-3/h9,11-12H,4-8,16H2,1-3H3/t11-,12-. The van der Waals surface area contributed by atoms with Gasteiger partial charge >= 0.3 is 5.97 Å². The summed E-state index contributed by atoms with van der Waals surface area (Å²) in [7, 11) is 1.43. The predicted molar refractivity (Wildman–Crippen MR) is 83.6 cm³/mol. The van der Waals surface area contributed by atoms with E-state index in [0.29, 0.717) is 17.6 Å². The van der Waals surface area contributed by atoms with Crippen molar-refractivity contribution in [2.24, 2.45) is 5.73 Å². The van der Waals surface area contributed by atoms with Gasteiger partial charge in [0, 0.05) is 24.0 Å². The lowest BCUT2D eigenvalue weighted by atomic mass is 9.90. The van der Waals surface area contributed by atoms with Crippen LogP contribution in [-0.2, 0) is 4.74 Å². The van der Waals surface area contributed by atoms with E-state index in [-0.39, 0.29) is 5.97 Å². The first-order valence-corrected chi connectivity index (χ1v) is 8.15. The summed E-state index contributed by atoms with van der Waals surface area (Å²) < 4.78 is 4.84. The Labute approximate surface area is 124 Å². The van der Waals surface area contributed by atoms with Crippen LogP contribution in [0.3, 0.4) is 0 Å². The lowest BCUT2D eigenvalue weighted by Crippen LogP contribution is -2.40. The molecular formula is C15H24N2O2S. The lowest BCUT2D eigenvalue weighted by molar-refractivity contribution is 0.0600. The highest BCUT2D eigenvalue weighted by Gasteiger charge is 2.27. The Morgan fingerprint density at radius 2 is 2.10 bits per heavy atom. The van der Waals surface area contributed by atoms with Gasteiger partial charge < -0.3 is 15.4 Å². The van der Waals surface area contributed by atoms with Crippen molar-refractivity contribution in [2.45, 2.75) is 51.6 Å². The molecule has 1 aliphatic rings. The molecule has 1 aromatic heterocycles. The molecule has 4 nitrogen and oxygen atoms in total. The number of esters is 1. The Hall–Kier alpha value is -1.07. The van der Waals surface area contributed by atoms with E-state index in [4.69, 9.17) is 10.5 Å². The van der Waals surface area contributed by atoms with E-state index in [2.05, 4.69) is 11.8 Å². The molecule has 0 radical (unpaired) electrons. The zero-order chi connectivity index (χ0) is 14.7. The summed E-state index contributed by atoms with van der Waals surface area (Å²) in [4.78, 5) is 14.2. The Morgan fingerprint density at radius 1 is 1.45 bits per heavy atom. The zero-order valence-corrected chi connectivity index (χ0v) is 13.3. The lowest BCUT2D eigenvalue weighted by Gasteiger charge is -2.36. The molecule has 0 aliphatic heterocycles. The molecular weight excluding hydrogens is 272 g/mol. The second kappa shape index (κ2) is 6.59. The minimum atomic E-state index is -0.244. The summed E-state index contributed by atoms with van der Waals surface area (Å²) in [5, 5.41) is 3.11. The number of nitrogens with two attached hydrogens (primary N) is 1. The summed E-state index contributed by atoms with van der Waals surface area (Å²) >= 11 is 1.64. The van der Waals surface area contributed by atoms with E-state index in [1.807, 2.05) is 12.3 Å². The van der Waals surface area contributed by atoms with Crippen molar-refractivity contribution >= 4 is 22.3 Å². The SMILES string of the molecule is CCN(c1scc(C(=O)OC)c1C)[C@H]1CC[C@H](N)CC1. The minimum Gasteiger partial charge on any atom is -0.465 e. The number of carbonyl (C=O) groups is 1. The highest BCUT2D eigenvalue weighted by Crippen LogP contribution is 2.35. The van der Waals surface area contributed by atoms with E-state index in [1.54, 1.807) is 11.3 Å². The quantitative estimate of drug-likeness (QED) is 0.868. The normalized spacial score (nSPS) is 22.6. The number of rotatable bonds is 4. The molecule has 112 valence electrons. The number of methoxy groups -OCH3 is 1. The maximum Gasteiger partial charge on any atom is 0.339 e. The molecule has 1 heterocycles.